The second-order valence-electron chi connectivity index (χ2n) is 9.03. The van der Waals surface area contributed by atoms with E-state index in [-0.39, 0.29) is 36.0 Å². The predicted molar refractivity (Wildman–Crippen MR) is 87.5 cm³/mol. The predicted octanol–water partition coefficient (Wildman–Crippen LogP) is 2.84. The van der Waals surface area contributed by atoms with E-state index in [9.17, 15) is 9.59 Å². The van der Waals surface area contributed by atoms with Crippen LogP contribution in [0.15, 0.2) is 0 Å². The van der Waals surface area contributed by atoms with Crippen LogP contribution in [0.5, 0.6) is 0 Å². The van der Waals surface area contributed by atoms with Crippen LogP contribution in [0.3, 0.4) is 0 Å². The summed E-state index contributed by atoms with van der Waals surface area (Å²) in [5, 5.41) is 0. The van der Waals surface area contributed by atoms with E-state index in [1.54, 1.807) is 0 Å². The number of nitrogens with zero attached hydrogens (tertiary/aromatic N) is 1. The molecule has 2 aliphatic heterocycles. The van der Waals surface area contributed by atoms with Gasteiger partial charge in [0, 0.05) is 13.3 Å². The summed E-state index contributed by atoms with van der Waals surface area (Å²) in [5.41, 5.74) is -0.0451. The fourth-order valence-corrected chi connectivity index (χ4v) is 6.64. The smallest absolute Gasteiger partial charge is 0.417 e. The Bertz CT molecular complexity index is 569. The van der Waals surface area contributed by atoms with E-state index in [0.717, 1.165) is 37.0 Å². The normalized spacial score (nSPS) is 50.7. The second kappa shape index (κ2) is 5.43. The summed E-state index contributed by atoms with van der Waals surface area (Å²) in [7, 11) is 0. The highest BCUT2D eigenvalue weighted by atomic mass is 16.7. The Kier molecular flexibility index (Phi) is 3.49. The molecule has 0 unspecified atom stereocenters. The van der Waals surface area contributed by atoms with Gasteiger partial charge in [-0.25, -0.2) is 9.69 Å². The van der Waals surface area contributed by atoms with Crippen LogP contribution in [-0.2, 0) is 19.0 Å². The van der Waals surface area contributed by atoms with E-state index >= 15 is 0 Å². The summed E-state index contributed by atoms with van der Waals surface area (Å²) in [6, 6.07) is -0.271. The number of carbonyl (C=O) groups excluding carboxylic acids is 2. The Morgan fingerprint density at radius 2 is 1.72 bits per heavy atom. The second-order valence-corrected chi connectivity index (χ2v) is 9.03. The zero-order valence-corrected chi connectivity index (χ0v) is 15.0. The molecular weight excluding hydrogens is 322 g/mol. The topological polar surface area (TPSA) is 65.1 Å². The Hall–Kier alpha value is -1.14. The van der Waals surface area contributed by atoms with Gasteiger partial charge >= 0.3 is 6.09 Å². The molecule has 4 aliphatic carbocycles. The van der Waals surface area contributed by atoms with Crippen LogP contribution < -0.4 is 0 Å². The Labute approximate surface area is 148 Å². The molecule has 2 amide bonds. The first-order valence-electron chi connectivity index (χ1n) is 9.76. The molecule has 4 atom stereocenters. The SMILES string of the molecule is CC(=O)N1C(=O)O[C@@H]2[C@H](C)O[C@H](OC34CC5CC(CC(C5)C3)C4)C[C@@H]21. The molecule has 138 valence electrons. The van der Waals surface area contributed by atoms with Gasteiger partial charge in [-0.1, -0.05) is 0 Å². The number of hydrogen-bond donors (Lipinski definition) is 0. The summed E-state index contributed by atoms with van der Waals surface area (Å²) >= 11 is 0. The molecule has 6 heteroatoms. The van der Waals surface area contributed by atoms with Crippen LogP contribution in [0.1, 0.15) is 58.8 Å². The molecule has 0 radical (unpaired) electrons. The first-order chi connectivity index (χ1) is 11.9. The Balaban J connectivity index is 1.34. The molecule has 0 spiro atoms. The van der Waals surface area contributed by atoms with Crippen LogP contribution in [0.2, 0.25) is 0 Å². The van der Waals surface area contributed by atoms with Crippen molar-refractivity contribution in [3.8, 4) is 0 Å². The van der Waals surface area contributed by atoms with Gasteiger partial charge in [-0.3, -0.25) is 4.79 Å². The summed E-state index contributed by atoms with van der Waals surface area (Å²) in [6.45, 7) is 3.32. The van der Waals surface area contributed by atoms with E-state index in [0.29, 0.717) is 6.42 Å². The zero-order chi connectivity index (χ0) is 17.3. The number of carbonyl (C=O) groups is 2. The Morgan fingerprint density at radius 1 is 1.12 bits per heavy atom. The molecule has 0 aromatic rings. The molecule has 4 saturated carbocycles. The minimum absolute atomic E-state index is 0.0451. The van der Waals surface area contributed by atoms with Gasteiger partial charge in [0.15, 0.2) is 12.4 Å². The minimum Gasteiger partial charge on any atom is -0.441 e. The van der Waals surface area contributed by atoms with Gasteiger partial charge in [0.05, 0.1) is 17.7 Å². The third-order valence-electron chi connectivity index (χ3n) is 7.11. The number of fused-ring (bicyclic) bond motifs is 1. The van der Waals surface area contributed by atoms with Gasteiger partial charge in [0.2, 0.25) is 5.91 Å². The third kappa shape index (κ3) is 2.52. The lowest BCUT2D eigenvalue weighted by molar-refractivity contribution is -0.290. The van der Waals surface area contributed by atoms with Crippen molar-refractivity contribution in [3.05, 3.63) is 0 Å². The van der Waals surface area contributed by atoms with E-state index in [4.69, 9.17) is 14.2 Å². The van der Waals surface area contributed by atoms with Crippen molar-refractivity contribution in [2.75, 3.05) is 0 Å². The standard InChI is InChI=1S/C19H27NO5/c1-10-17-15(20(11(2)21)18(22)24-17)6-16(23-10)25-19-7-12-3-13(8-19)5-14(4-12)9-19/h10,12-17H,3-9H2,1-2H3/t10-,12?,13?,14?,15-,16+,17+,19?/m0/s1. The highest BCUT2D eigenvalue weighted by Crippen LogP contribution is 2.57. The van der Waals surface area contributed by atoms with Crippen molar-refractivity contribution < 1.29 is 23.8 Å². The average Bonchev–Trinajstić information content (AvgIpc) is 2.82. The fraction of sp³-hybridized carbons (Fsp3) is 0.895. The summed E-state index contributed by atoms with van der Waals surface area (Å²) < 4.78 is 18.1. The molecule has 6 fully saturated rings. The van der Waals surface area contributed by atoms with E-state index < -0.39 is 6.09 Å². The highest BCUT2D eigenvalue weighted by Gasteiger charge is 2.56. The quantitative estimate of drug-likeness (QED) is 0.767. The van der Waals surface area contributed by atoms with Gasteiger partial charge in [0.25, 0.3) is 0 Å². The molecule has 25 heavy (non-hydrogen) atoms. The van der Waals surface area contributed by atoms with Gasteiger partial charge in [-0.2, -0.15) is 0 Å². The van der Waals surface area contributed by atoms with Crippen molar-refractivity contribution in [1.29, 1.82) is 0 Å². The molecule has 0 aromatic carbocycles. The van der Waals surface area contributed by atoms with Crippen LogP contribution in [-0.4, -0.2) is 47.0 Å². The van der Waals surface area contributed by atoms with Crippen molar-refractivity contribution >= 4 is 12.0 Å². The van der Waals surface area contributed by atoms with Crippen LogP contribution in [0, 0.1) is 17.8 Å². The average molecular weight is 349 g/mol. The van der Waals surface area contributed by atoms with Gasteiger partial charge in [-0.05, 0) is 63.2 Å². The van der Waals surface area contributed by atoms with Crippen LogP contribution in [0.25, 0.3) is 0 Å². The number of rotatable bonds is 2. The first kappa shape index (κ1) is 16.1. The number of imide groups is 1. The summed E-state index contributed by atoms with van der Waals surface area (Å²) in [5.74, 6) is 2.17. The number of ether oxygens (including phenoxy) is 3. The van der Waals surface area contributed by atoms with Crippen LogP contribution in [0.4, 0.5) is 4.79 Å². The minimum atomic E-state index is -0.548. The Morgan fingerprint density at radius 3 is 2.28 bits per heavy atom. The van der Waals surface area contributed by atoms with Gasteiger partial charge < -0.3 is 14.2 Å². The lowest BCUT2D eigenvalue weighted by Crippen LogP contribution is -2.57. The fourth-order valence-electron chi connectivity index (χ4n) is 6.64. The van der Waals surface area contributed by atoms with E-state index in [1.165, 1.54) is 31.1 Å². The maximum absolute atomic E-state index is 12.0. The zero-order valence-electron chi connectivity index (χ0n) is 15.0. The molecule has 6 rings (SSSR count). The van der Waals surface area contributed by atoms with Crippen molar-refractivity contribution in [2.24, 2.45) is 17.8 Å². The number of hydrogen-bond acceptors (Lipinski definition) is 5. The summed E-state index contributed by atoms with van der Waals surface area (Å²) in [6.07, 6.45) is 6.52. The van der Waals surface area contributed by atoms with E-state index in [2.05, 4.69) is 0 Å². The molecule has 2 saturated heterocycles. The molecule has 4 bridgehead atoms. The number of amides is 2. The lowest BCUT2D eigenvalue weighted by atomic mass is 9.54. The van der Waals surface area contributed by atoms with E-state index in [1.807, 2.05) is 6.92 Å². The van der Waals surface area contributed by atoms with Crippen molar-refractivity contribution in [3.63, 3.8) is 0 Å². The largest absolute Gasteiger partial charge is 0.441 e. The molecule has 0 N–H and O–H groups in total. The third-order valence-corrected chi connectivity index (χ3v) is 7.11. The molecule has 6 aliphatic rings. The molecule has 0 aromatic heterocycles. The lowest BCUT2D eigenvalue weighted by Gasteiger charge is -2.57. The molecular formula is C19H27NO5. The maximum atomic E-state index is 12.0. The van der Waals surface area contributed by atoms with Crippen molar-refractivity contribution in [2.45, 2.75) is 88.9 Å². The molecule has 6 nitrogen and oxygen atoms in total. The van der Waals surface area contributed by atoms with Crippen molar-refractivity contribution in [1.82, 2.24) is 4.90 Å². The summed E-state index contributed by atoms with van der Waals surface area (Å²) in [4.78, 5) is 25.2. The van der Waals surface area contributed by atoms with Crippen LogP contribution >= 0.6 is 0 Å². The maximum Gasteiger partial charge on any atom is 0.417 e. The highest BCUT2D eigenvalue weighted by molar-refractivity contribution is 5.92. The molecule has 2 heterocycles. The monoisotopic (exact) mass is 349 g/mol. The first-order valence-corrected chi connectivity index (χ1v) is 9.76. The van der Waals surface area contributed by atoms with Gasteiger partial charge in [-0.15, -0.1) is 0 Å². The van der Waals surface area contributed by atoms with Gasteiger partial charge in [0.1, 0.15) is 0 Å².